The molecule has 78 valence electrons. The molecule has 0 saturated carbocycles. The Morgan fingerprint density at radius 3 is 2.93 bits per heavy atom. The second-order valence-electron chi connectivity index (χ2n) is 3.56. The number of fused-ring (bicyclic) bond motifs is 1. The molecule has 15 heavy (non-hydrogen) atoms. The maximum absolute atomic E-state index is 8.90. The van der Waals surface area contributed by atoms with E-state index < -0.39 is 0 Å². The van der Waals surface area contributed by atoms with Gasteiger partial charge in [-0.25, -0.2) is 0 Å². The van der Waals surface area contributed by atoms with Crippen molar-refractivity contribution in [1.29, 1.82) is 0 Å². The molecule has 1 aliphatic rings. The predicted molar refractivity (Wildman–Crippen MR) is 58.3 cm³/mol. The Hall–Kier alpha value is -1.77. The number of benzene rings is 1. The molecule has 0 aliphatic heterocycles. The van der Waals surface area contributed by atoms with E-state index in [0.717, 1.165) is 11.1 Å². The van der Waals surface area contributed by atoms with Gasteiger partial charge in [-0.05, 0) is 5.56 Å². The Labute approximate surface area is 88.7 Å². The Balaban J connectivity index is 2.46. The maximum atomic E-state index is 8.90. The average Bonchev–Trinajstić information content (AvgIpc) is 2.67. The summed E-state index contributed by atoms with van der Waals surface area (Å²) in [4.78, 5) is 0. The monoisotopic (exact) mass is 203 g/mol. The van der Waals surface area contributed by atoms with E-state index >= 15 is 0 Å². The predicted octanol–water partition coefficient (Wildman–Crippen LogP) is 2.51. The Bertz CT molecular complexity index is 423. The molecule has 1 unspecified atom stereocenters. The molecule has 1 aliphatic carbocycles. The minimum atomic E-state index is 0.108. The quantitative estimate of drug-likeness (QED) is 0.456. The molecule has 0 amide bonds. The molecule has 0 aromatic heterocycles. The van der Waals surface area contributed by atoms with Crippen molar-refractivity contribution >= 4 is 5.71 Å². The van der Waals surface area contributed by atoms with Gasteiger partial charge in [0.25, 0.3) is 0 Å². The SMILES string of the molecule is C=C(OC)C1C/C(=N\O)c2ccccc21. The molecular weight excluding hydrogens is 190 g/mol. The molecule has 0 heterocycles. The second-order valence-corrected chi connectivity index (χ2v) is 3.56. The van der Waals surface area contributed by atoms with Gasteiger partial charge in [0, 0.05) is 17.9 Å². The molecule has 3 heteroatoms. The fourth-order valence-corrected chi connectivity index (χ4v) is 2.00. The van der Waals surface area contributed by atoms with Gasteiger partial charge in [-0.3, -0.25) is 0 Å². The van der Waals surface area contributed by atoms with Gasteiger partial charge in [0.15, 0.2) is 0 Å². The van der Waals surface area contributed by atoms with E-state index in [0.29, 0.717) is 17.9 Å². The van der Waals surface area contributed by atoms with Crippen LogP contribution in [-0.4, -0.2) is 18.0 Å². The van der Waals surface area contributed by atoms with Crippen LogP contribution in [0.25, 0.3) is 0 Å². The van der Waals surface area contributed by atoms with Crippen LogP contribution in [-0.2, 0) is 4.74 Å². The van der Waals surface area contributed by atoms with Gasteiger partial charge in [0.05, 0.1) is 18.6 Å². The molecule has 2 rings (SSSR count). The van der Waals surface area contributed by atoms with Crippen molar-refractivity contribution in [2.75, 3.05) is 7.11 Å². The van der Waals surface area contributed by atoms with Gasteiger partial charge >= 0.3 is 0 Å². The smallest absolute Gasteiger partial charge is 0.0962 e. The summed E-state index contributed by atoms with van der Waals surface area (Å²) in [5.74, 6) is 0.818. The van der Waals surface area contributed by atoms with E-state index in [-0.39, 0.29) is 5.92 Å². The summed E-state index contributed by atoms with van der Waals surface area (Å²) in [5.41, 5.74) is 2.81. The summed E-state index contributed by atoms with van der Waals surface area (Å²) >= 11 is 0. The Morgan fingerprint density at radius 1 is 1.53 bits per heavy atom. The largest absolute Gasteiger partial charge is 0.501 e. The first kappa shape index (κ1) is 9.77. The molecule has 1 aromatic carbocycles. The zero-order chi connectivity index (χ0) is 10.8. The van der Waals surface area contributed by atoms with Crippen LogP contribution in [0.3, 0.4) is 0 Å². The number of allylic oxidation sites excluding steroid dienone is 1. The first-order valence-electron chi connectivity index (χ1n) is 4.81. The summed E-state index contributed by atoms with van der Waals surface area (Å²) in [5, 5.41) is 12.2. The van der Waals surface area contributed by atoms with Gasteiger partial charge in [-0.2, -0.15) is 0 Å². The standard InChI is InChI=1S/C12H13NO2/c1-8(15-2)11-7-12(13-14)10-6-4-3-5-9(10)11/h3-6,11,14H,1,7H2,2H3/b13-12+. The van der Waals surface area contributed by atoms with Crippen molar-refractivity contribution in [3.63, 3.8) is 0 Å². The van der Waals surface area contributed by atoms with Crippen LogP contribution in [0.5, 0.6) is 0 Å². The fraction of sp³-hybridized carbons (Fsp3) is 0.250. The third-order valence-corrected chi connectivity index (χ3v) is 2.82. The number of ether oxygens (including phenoxy) is 1. The molecule has 0 bridgehead atoms. The molecule has 1 atom stereocenters. The highest BCUT2D eigenvalue weighted by molar-refractivity contribution is 6.05. The van der Waals surface area contributed by atoms with Crippen LogP contribution in [0.1, 0.15) is 23.5 Å². The van der Waals surface area contributed by atoms with Crippen molar-refractivity contribution in [2.45, 2.75) is 12.3 Å². The van der Waals surface area contributed by atoms with E-state index in [1.54, 1.807) is 7.11 Å². The molecule has 1 N–H and O–H groups in total. The summed E-state index contributed by atoms with van der Waals surface area (Å²) in [6.07, 6.45) is 0.655. The lowest BCUT2D eigenvalue weighted by atomic mass is 10.0. The average molecular weight is 203 g/mol. The van der Waals surface area contributed by atoms with Crippen LogP contribution in [0, 0.1) is 0 Å². The summed E-state index contributed by atoms with van der Waals surface area (Å²) in [6, 6.07) is 7.87. The van der Waals surface area contributed by atoms with Crippen LogP contribution in [0.15, 0.2) is 41.8 Å². The van der Waals surface area contributed by atoms with Crippen molar-refractivity contribution in [1.82, 2.24) is 0 Å². The van der Waals surface area contributed by atoms with Gasteiger partial charge in [-0.15, -0.1) is 0 Å². The van der Waals surface area contributed by atoms with Gasteiger partial charge in [-0.1, -0.05) is 36.0 Å². The maximum Gasteiger partial charge on any atom is 0.0962 e. The second kappa shape index (κ2) is 3.77. The van der Waals surface area contributed by atoms with E-state index in [1.165, 1.54) is 0 Å². The van der Waals surface area contributed by atoms with Crippen molar-refractivity contribution in [3.05, 3.63) is 47.7 Å². The van der Waals surface area contributed by atoms with Gasteiger partial charge in [0.2, 0.25) is 0 Å². The van der Waals surface area contributed by atoms with Crippen LogP contribution in [0.4, 0.5) is 0 Å². The minimum absolute atomic E-state index is 0.108. The Kier molecular flexibility index (Phi) is 2.46. The summed E-state index contributed by atoms with van der Waals surface area (Å²) < 4.78 is 5.15. The lowest BCUT2D eigenvalue weighted by molar-refractivity contribution is 0.268. The first-order valence-corrected chi connectivity index (χ1v) is 4.81. The minimum Gasteiger partial charge on any atom is -0.501 e. The molecule has 0 saturated heterocycles. The number of hydrogen-bond donors (Lipinski definition) is 1. The number of nitrogens with zero attached hydrogens (tertiary/aromatic N) is 1. The normalized spacial score (nSPS) is 21.4. The van der Waals surface area contributed by atoms with Gasteiger partial charge in [0.1, 0.15) is 0 Å². The number of methoxy groups -OCH3 is 1. The highest BCUT2D eigenvalue weighted by Crippen LogP contribution is 2.37. The van der Waals surface area contributed by atoms with Crippen LogP contribution >= 0.6 is 0 Å². The van der Waals surface area contributed by atoms with E-state index in [4.69, 9.17) is 9.94 Å². The van der Waals surface area contributed by atoms with Crippen LogP contribution in [0.2, 0.25) is 0 Å². The van der Waals surface area contributed by atoms with Crippen LogP contribution < -0.4 is 0 Å². The molecule has 3 nitrogen and oxygen atoms in total. The third-order valence-electron chi connectivity index (χ3n) is 2.82. The first-order chi connectivity index (χ1) is 7.27. The van der Waals surface area contributed by atoms with Crippen molar-refractivity contribution < 1.29 is 9.94 Å². The lowest BCUT2D eigenvalue weighted by Gasteiger charge is -2.12. The number of oxime groups is 1. The van der Waals surface area contributed by atoms with E-state index in [9.17, 15) is 0 Å². The molecular formula is C12H13NO2. The molecule has 0 radical (unpaired) electrons. The highest BCUT2D eigenvalue weighted by Gasteiger charge is 2.30. The third kappa shape index (κ3) is 1.50. The van der Waals surface area contributed by atoms with Crippen molar-refractivity contribution in [2.24, 2.45) is 5.16 Å². The zero-order valence-electron chi connectivity index (χ0n) is 8.60. The summed E-state index contributed by atoms with van der Waals surface area (Å²) in [6.45, 7) is 3.86. The topological polar surface area (TPSA) is 41.8 Å². The summed E-state index contributed by atoms with van der Waals surface area (Å²) in [7, 11) is 1.61. The number of rotatable bonds is 2. The van der Waals surface area contributed by atoms with E-state index in [1.807, 2.05) is 24.3 Å². The fourth-order valence-electron chi connectivity index (χ4n) is 2.00. The molecule has 1 aromatic rings. The molecule has 0 spiro atoms. The highest BCUT2D eigenvalue weighted by atomic mass is 16.5. The van der Waals surface area contributed by atoms with Gasteiger partial charge < -0.3 is 9.94 Å². The zero-order valence-corrected chi connectivity index (χ0v) is 8.60. The Morgan fingerprint density at radius 2 is 2.27 bits per heavy atom. The van der Waals surface area contributed by atoms with Crippen molar-refractivity contribution in [3.8, 4) is 0 Å². The number of hydrogen-bond acceptors (Lipinski definition) is 3. The molecule has 0 fully saturated rings. The van der Waals surface area contributed by atoms with E-state index in [2.05, 4.69) is 11.7 Å². The lowest BCUT2D eigenvalue weighted by Crippen LogP contribution is -1.99.